The number of fused-ring (bicyclic) bond motifs is 2. The molecular weight excluding hydrogens is 246 g/mol. The molecule has 0 saturated carbocycles. The molecule has 0 radical (unpaired) electrons. The van der Waals surface area contributed by atoms with Crippen LogP contribution in [0, 0.1) is 0 Å². The van der Waals surface area contributed by atoms with Crippen LogP contribution in [-0.2, 0) is 4.79 Å². The lowest BCUT2D eigenvalue weighted by molar-refractivity contribution is -0.131. The molecule has 5 heteroatoms. The maximum Gasteiger partial charge on any atom is 0.308 e. The van der Waals surface area contributed by atoms with E-state index >= 15 is 0 Å². The number of methoxy groups -OCH3 is 1. The van der Waals surface area contributed by atoms with E-state index in [1.807, 2.05) is 6.07 Å². The number of carbonyl (C=O) groups is 1. The second-order valence-corrected chi connectivity index (χ2v) is 4.03. The maximum absolute atomic E-state index is 11.1. The molecule has 0 atom stereocenters. The van der Waals surface area contributed by atoms with Crippen LogP contribution in [0.4, 0.5) is 0 Å². The van der Waals surface area contributed by atoms with E-state index in [1.54, 1.807) is 31.6 Å². The second kappa shape index (κ2) is 4.28. The average molecular weight is 257 g/mol. The Kier molecular flexibility index (Phi) is 2.59. The number of furan rings is 1. The molecule has 0 bridgehead atoms. The summed E-state index contributed by atoms with van der Waals surface area (Å²) in [6.07, 6.45) is 1.55. The zero-order chi connectivity index (χ0) is 13.4. The molecule has 0 aliphatic heterocycles. The fourth-order valence-corrected chi connectivity index (χ4v) is 2.09. The van der Waals surface area contributed by atoms with Crippen molar-refractivity contribution < 1.29 is 18.7 Å². The molecule has 2 aromatic heterocycles. The van der Waals surface area contributed by atoms with Gasteiger partial charge in [0, 0.05) is 12.3 Å². The number of carbonyl (C=O) groups excluding carboxylic acids is 1. The molecule has 0 spiro atoms. The maximum atomic E-state index is 11.1. The Morgan fingerprint density at radius 3 is 2.84 bits per heavy atom. The van der Waals surface area contributed by atoms with E-state index in [-0.39, 0.29) is 0 Å². The molecule has 0 amide bonds. The standard InChI is InChI=1S/C14H11NO4/c1-8(16)19-11-5-3-4-9-12(11)15-14-10(6-7-18-14)13(9)17-2/h3-7H,1-2H3. The Morgan fingerprint density at radius 2 is 2.11 bits per heavy atom. The van der Waals surface area contributed by atoms with Crippen molar-refractivity contribution in [3.05, 3.63) is 30.5 Å². The Hall–Kier alpha value is -2.56. The molecule has 5 nitrogen and oxygen atoms in total. The molecule has 0 saturated heterocycles. The van der Waals surface area contributed by atoms with Gasteiger partial charge in [0.1, 0.15) is 11.3 Å². The lowest BCUT2D eigenvalue weighted by atomic mass is 10.1. The second-order valence-electron chi connectivity index (χ2n) is 4.03. The van der Waals surface area contributed by atoms with Crippen LogP contribution < -0.4 is 9.47 Å². The fraction of sp³-hybridized carbons (Fsp3) is 0.143. The van der Waals surface area contributed by atoms with Crippen LogP contribution >= 0.6 is 0 Å². The fourth-order valence-electron chi connectivity index (χ4n) is 2.09. The minimum atomic E-state index is -0.396. The third kappa shape index (κ3) is 1.79. The number of nitrogens with zero attached hydrogens (tertiary/aromatic N) is 1. The van der Waals surface area contributed by atoms with Gasteiger partial charge in [-0.25, -0.2) is 4.98 Å². The van der Waals surface area contributed by atoms with Crippen molar-refractivity contribution in [3.8, 4) is 11.5 Å². The van der Waals surface area contributed by atoms with Gasteiger partial charge in [-0.05, 0) is 18.2 Å². The number of aromatic nitrogens is 1. The van der Waals surface area contributed by atoms with E-state index < -0.39 is 5.97 Å². The quantitative estimate of drug-likeness (QED) is 0.521. The number of ether oxygens (including phenoxy) is 2. The van der Waals surface area contributed by atoms with Crippen LogP contribution in [0.5, 0.6) is 11.5 Å². The van der Waals surface area contributed by atoms with Gasteiger partial charge in [0.25, 0.3) is 0 Å². The summed E-state index contributed by atoms with van der Waals surface area (Å²) < 4.78 is 15.9. The molecule has 3 aromatic rings. The van der Waals surface area contributed by atoms with E-state index in [1.165, 1.54) is 6.92 Å². The molecule has 2 heterocycles. The van der Waals surface area contributed by atoms with Crippen molar-refractivity contribution in [2.24, 2.45) is 0 Å². The molecule has 0 fully saturated rings. The normalized spacial score (nSPS) is 10.8. The van der Waals surface area contributed by atoms with E-state index in [9.17, 15) is 4.79 Å². The molecule has 96 valence electrons. The predicted molar refractivity (Wildman–Crippen MR) is 69.4 cm³/mol. The van der Waals surface area contributed by atoms with Crippen LogP contribution in [0.2, 0.25) is 0 Å². The number of rotatable bonds is 2. The summed E-state index contributed by atoms with van der Waals surface area (Å²) >= 11 is 0. The highest BCUT2D eigenvalue weighted by atomic mass is 16.5. The third-order valence-corrected chi connectivity index (χ3v) is 2.80. The highest BCUT2D eigenvalue weighted by Gasteiger charge is 2.15. The van der Waals surface area contributed by atoms with Crippen molar-refractivity contribution in [1.82, 2.24) is 4.98 Å². The first-order valence-corrected chi connectivity index (χ1v) is 5.73. The van der Waals surface area contributed by atoms with Crippen molar-refractivity contribution in [1.29, 1.82) is 0 Å². The predicted octanol–water partition coefficient (Wildman–Crippen LogP) is 2.91. The summed E-state index contributed by atoms with van der Waals surface area (Å²) in [5.74, 6) is 0.650. The van der Waals surface area contributed by atoms with Crippen LogP contribution in [-0.4, -0.2) is 18.1 Å². The van der Waals surface area contributed by atoms with Crippen LogP contribution in [0.25, 0.3) is 22.0 Å². The summed E-state index contributed by atoms with van der Waals surface area (Å²) in [5, 5.41) is 1.56. The average Bonchev–Trinajstić information content (AvgIpc) is 2.84. The Morgan fingerprint density at radius 1 is 1.26 bits per heavy atom. The zero-order valence-electron chi connectivity index (χ0n) is 10.5. The Balaban J connectivity index is 2.39. The summed E-state index contributed by atoms with van der Waals surface area (Å²) in [5.41, 5.74) is 0.987. The van der Waals surface area contributed by atoms with Gasteiger partial charge in [-0.1, -0.05) is 6.07 Å². The van der Waals surface area contributed by atoms with Gasteiger partial charge in [-0.3, -0.25) is 4.79 Å². The summed E-state index contributed by atoms with van der Waals surface area (Å²) in [4.78, 5) is 15.5. The number of para-hydroxylation sites is 1. The van der Waals surface area contributed by atoms with E-state index in [4.69, 9.17) is 13.9 Å². The van der Waals surface area contributed by atoms with Crippen molar-refractivity contribution >= 4 is 28.0 Å². The molecule has 19 heavy (non-hydrogen) atoms. The molecular formula is C14H11NO4. The van der Waals surface area contributed by atoms with Gasteiger partial charge < -0.3 is 13.9 Å². The molecule has 0 unspecified atom stereocenters. The Labute approximate surface area is 108 Å². The highest BCUT2D eigenvalue weighted by molar-refractivity contribution is 6.01. The van der Waals surface area contributed by atoms with Gasteiger partial charge in [-0.15, -0.1) is 0 Å². The minimum absolute atomic E-state index is 0.390. The third-order valence-electron chi connectivity index (χ3n) is 2.80. The number of benzene rings is 1. The van der Waals surface area contributed by atoms with Gasteiger partial charge in [-0.2, -0.15) is 0 Å². The molecule has 0 N–H and O–H groups in total. The molecule has 0 aliphatic carbocycles. The zero-order valence-corrected chi connectivity index (χ0v) is 10.5. The molecule has 1 aromatic carbocycles. The largest absolute Gasteiger partial charge is 0.495 e. The SMILES string of the molecule is COc1c2ccoc2nc2c(OC(C)=O)cccc12. The van der Waals surface area contributed by atoms with Gasteiger partial charge in [0.05, 0.1) is 18.8 Å². The molecule has 0 aliphatic rings. The Bertz CT molecular complexity index is 776. The van der Waals surface area contributed by atoms with E-state index in [0.717, 1.165) is 10.8 Å². The van der Waals surface area contributed by atoms with Crippen LogP contribution in [0.3, 0.4) is 0 Å². The minimum Gasteiger partial charge on any atom is -0.495 e. The van der Waals surface area contributed by atoms with Gasteiger partial charge in [0.15, 0.2) is 5.75 Å². The summed E-state index contributed by atoms with van der Waals surface area (Å²) in [6.45, 7) is 1.35. The lowest BCUT2D eigenvalue weighted by Crippen LogP contribution is -2.02. The van der Waals surface area contributed by atoms with Gasteiger partial charge in [0.2, 0.25) is 5.71 Å². The van der Waals surface area contributed by atoms with E-state index in [0.29, 0.717) is 22.7 Å². The number of hydrogen-bond donors (Lipinski definition) is 0. The van der Waals surface area contributed by atoms with Crippen molar-refractivity contribution in [2.45, 2.75) is 6.92 Å². The number of pyridine rings is 1. The first-order valence-electron chi connectivity index (χ1n) is 5.73. The highest BCUT2D eigenvalue weighted by Crippen LogP contribution is 2.36. The van der Waals surface area contributed by atoms with Crippen LogP contribution in [0.1, 0.15) is 6.92 Å². The summed E-state index contributed by atoms with van der Waals surface area (Å²) in [7, 11) is 1.58. The summed E-state index contributed by atoms with van der Waals surface area (Å²) in [6, 6.07) is 7.13. The number of hydrogen-bond acceptors (Lipinski definition) is 5. The van der Waals surface area contributed by atoms with Crippen LogP contribution in [0.15, 0.2) is 34.9 Å². The number of esters is 1. The van der Waals surface area contributed by atoms with E-state index in [2.05, 4.69) is 4.98 Å². The van der Waals surface area contributed by atoms with Crippen molar-refractivity contribution in [3.63, 3.8) is 0 Å². The van der Waals surface area contributed by atoms with Gasteiger partial charge >= 0.3 is 5.97 Å². The first kappa shape index (κ1) is 11.5. The smallest absolute Gasteiger partial charge is 0.308 e. The molecule has 3 rings (SSSR count). The lowest BCUT2D eigenvalue weighted by Gasteiger charge is -2.09. The monoisotopic (exact) mass is 257 g/mol. The topological polar surface area (TPSA) is 61.6 Å². The van der Waals surface area contributed by atoms with Crippen molar-refractivity contribution in [2.75, 3.05) is 7.11 Å². The first-order chi connectivity index (χ1) is 9.20.